The molecule has 0 aliphatic carbocycles. The van der Waals surface area contributed by atoms with Gasteiger partial charge in [0.15, 0.2) is 0 Å². The molecule has 100 valence electrons. The van der Waals surface area contributed by atoms with E-state index in [1.165, 1.54) is 0 Å². The predicted octanol–water partition coefficient (Wildman–Crippen LogP) is 2.85. The number of rotatable bonds is 1. The van der Waals surface area contributed by atoms with Gasteiger partial charge in [0, 0.05) is 17.9 Å². The van der Waals surface area contributed by atoms with Crippen molar-refractivity contribution >= 4 is 28.4 Å². The van der Waals surface area contributed by atoms with Crippen LogP contribution in [0.4, 0.5) is 5.82 Å². The molecule has 4 nitrogen and oxygen atoms in total. The fraction of sp³-hybridized carbons (Fsp3) is 0.692. The molecule has 2 heterocycles. The zero-order valence-corrected chi connectivity index (χ0v) is 13.3. The second-order valence-electron chi connectivity index (χ2n) is 5.79. The van der Waals surface area contributed by atoms with E-state index < -0.39 is 0 Å². The topological polar surface area (TPSA) is 61.0 Å². The normalized spacial score (nSPS) is 21.0. The third-order valence-electron chi connectivity index (χ3n) is 3.13. The van der Waals surface area contributed by atoms with Crippen LogP contribution in [0.15, 0.2) is 0 Å². The lowest BCUT2D eigenvalue weighted by atomic mass is 9.91. The van der Waals surface area contributed by atoms with Gasteiger partial charge >= 0.3 is 0 Å². The molecule has 0 aromatic carbocycles. The Labute approximate surface area is 122 Å². The van der Waals surface area contributed by atoms with Crippen LogP contribution in [0.2, 0.25) is 0 Å². The molecule has 0 spiro atoms. The summed E-state index contributed by atoms with van der Waals surface area (Å²) < 4.78 is 6.48. The van der Waals surface area contributed by atoms with Gasteiger partial charge in [-0.1, -0.05) is 20.8 Å². The van der Waals surface area contributed by atoms with Gasteiger partial charge in [-0.15, -0.1) is 0 Å². The smallest absolute Gasteiger partial charge is 0.140 e. The number of ether oxygens (including phenoxy) is 1. The maximum absolute atomic E-state index is 6.03. The van der Waals surface area contributed by atoms with E-state index in [2.05, 4.69) is 48.3 Å². The first-order valence-electron chi connectivity index (χ1n) is 6.30. The first-order chi connectivity index (χ1) is 8.39. The summed E-state index contributed by atoms with van der Waals surface area (Å²) in [5.41, 5.74) is 7.05. The molecule has 0 bridgehead atoms. The minimum absolute atomic E-state index is 0.0160. The molecule has 18 heavy (non-hydrogen) atoms. The number of hydrogen-bond donors (Lipinski definition) is 1. The third kappa shape index (κ3) is 2.93. The minimum Gasteiger partial charge on any atom is -0.383 e. The first kappa shape index (κ1) is 14.0. The molecule has 1 fully saturated rings. The molecule has 5 heteroatoms. The SMILES string of the molecule is CC(C)(C)c1nc(C2CCCOC2)nc(N)c1I. The molecular weight excluding hydrogens is 341 g/mol. The Morgan fingerprint density at radius 2 is 2.06 bits per heavy atom. The van der Waals surface area contributed by atoms with Gasteiger partial charge in [0.2, 0.25) is 0 Å². The van der Waals surface area contributed by atoms with Gasteiger partial charge in [0.1, 0.15) is 11.6 Å². The average molecular weight is 361 g/mol. The number of hydrogen-bond acceptors (Lipinski definition) is 4. The van der Waals surface area contributed by atoms with E-state index in [-0.39, 0.29) is 5.41 Å². The summed E-state index contributed by atoms with van der Waals surface area (Å²) in [6, 6.07) is 0. The number of aromatic nitrogens is 2. The van der Waals surface area contributed by atoms with Gasteiger partial charge < -0.3 is 10.5 Å². The van der Waals surface area contributed by atoms with Gasteiger partial charge in [-0.3, -0.25) is 0 Å². The molecule has 1 atom stereocenters. The Kier molecular flexibility index (Phi) is 4.11. The minimum atomic E-state index is -0.0160. The van der Waals surface area contributed by atoms with Crippen LogP contribution < -0.4 is 5.73 Å². The Morgan fingerprint density at radius 1 is 1.33 bits per heavy atom. The summed E-state index contributed by atoms with van der Waals surface area (Å²) in [5.74, 6) is 1.73. The summed E-state index contributed by atoms with van der Waals surface area (Å²) in [4.78, 5) is 9.20. The maximum atomic E-state index is 6.03. The van der Waals surface area contributed by atoms with Gasteiger partial charge in [0.05, 0.1) is 15.9 Å². The van der Waals surface area contributed by atoms with E-state index in [0.29, 0.717) is 18.3 Å². The van der Waals surface area contributed by atoms with Crippen LogP contribution >= 0.6 is 22.6 Å². The zero-order chi connectivity index (χ0) is 13.3. The molecule has 1 saturated heterocycles. The van der Waals surface area contributed by atoms with Crippen LogP contribution in [0.5, 0.6) is 0 Å². The standard InChI is InChI=1S/C13H20IN3O/c1-13(2,3)10-9(14)11(15)17-12(16-10)8-5-4-6-18-7-8/h8H,4-7H2,1-3H3,(H2,15,16,17). The largest absolute Gasteiger partial charge is 0.383 e. The van der Waals surface area contributed by atoms with Crippen molar-refractivity contribution in [3.05, 3.63) is 15.1 Å². The van der Waals surface area contributed by atoms with Crippen LogP contribution in [0.1, 0.15) is 51.0 Å². The van der Waals surface area contributed by atoms with Crippen LogP contribution in [-0.4, -0.2) is 23.2 Å². The van der Waals surface area contributed by atoms with Gasteiger partial charge in [-0.05, 0) is 35.4 Å². The first-order valence-corrected chi connectivity index (χ1v) is 7.38. The van der Waals surface area contributed by atoms with E-state index in [0.717, 1.165) is 34.5 Å². The highest BCUT2D eigenvalue weighted by Gasteiger charge is 2.26. The Bertz CT molecular complexity index is 437. The van der Waals surface area contributed by atoms with Crippen molar-refractivity contribution < 1.29 is 4.74 Å². The fourth-order valence-electron chi connectivity index (χ4n) is 2.11. The molecule has 1 aromatic rings. The van der Waals surface area contributed by atoms with Crippen molar-refractivity contribution in [2.75, 3.05) is 18.9 Å². The van der Waals surface area contributed by atoms with Crippen molar-refractivity contribution in [1.29, 1.82) is 0 Å². The fourth-order valence-corrected chi connectivity index (χ4v) is 3.16. The number of halogens is 1. The highest BCUT2D eigenvalue weighted by molar-refractivity contribution is 14.1. The highest BCUT2D eigenvalue weighted by Crippen LogP contribution is 2.31. The zero-order valence-electron chi connectivity index (χ0n) is 11.2. The number of nitrogens with zero attached hydrogens (tertiary/aromatic N) is 2. The van der Waals surface area contributed by atoms with Gasteiger partial charge in [-0.25, -0.2) is 9.97 Å². The predicted molar refractivity (Wildman–Crippen MR) is 80.7 cm³/mol. The summed E-state index contributed by atoms with van der Waals surface area (Å²) in [6.07, 6.45) is 2.16. The van der Waals surface area contributed by atoms with Crippen LogP contribution in [0, 0.1) is 3.57 Å². The second-order valence-corrected chi connectivity index (χ2v) is 6.87. The van der Waals surface area contributed by atoms with E-state index in [4.69, 9.17) is 15.5 Å². The Balaban J connectivity index is 2.40. The summed E-state index contributed by atoms with van der Waals surface area (Å²) in [7, 11) is 0. The molecule has 0 amide bonds. The number of nitrogen functional groups attached to an aromatic ring is 1. The molecule has 1 aliphatic heterocycles. The molecule has 1 aromatic heterocycles. The lowest BCUT2D eigenvalue weighted by Gasteiger charge is -2.25. The molecule has 0 radical (unpaired) electrons. The summed E-state index contributed by atoms with van der Waals surface area (Å²) >= 11 is 2.24. The molecule has 1 aliphatic rings. The van der Waals surface area contributed by atoms with Crippen LogP contribution in [0.25, 0.3) is 0 Å². The summed E-state index contributed by atoms with van der Waals surface area (Å²) in [5, 5.41) is 0. The Hall–Kier alpha value is -0.430. The molecule has 2 N–H and O–H groups in total. The van der Waals surface area contributed by atoms with Crippen molar-refractivity contribution in [1.82, 2.24) is 9.97 Å². The molecule has 1 unspecified atom stereocenters. The molecule has 0 saturated carbocycles. The summed E-state index contributed by atoms with van der Waals surface area (Å²) in [6.45, 7) is 8.01. The molecule has 2 rings (SSSR count). The van der Waals surface area contributed by atoms with Crippen LogP contribution in [-0.2, 0) is 10.2 Å². The van der Waals surface area contributed by atoms with Crippen molar-refractivity contribution in [3.63, 3.8) is 0 Å². The third-order valence-corrected chi connectivity index (χ3v) is 4.19. The monoisotopic (exact) mass is 361 g/mol. The quantitative estimate of drug-likeness (QED) is 0.782. The van der Waals surface area contributed by atoms with E-state index in [9.17, 15) is 0 Å². The van der Waals surface area contributed by atoms with Crippen molar-refractivity contribution in [3.8, 4) is 0 Å². The lowest BCUT2D eigenvalue weighted by molar-refractivity contribution is 0.0779. The lowest BCUT2D eigenvalue weighted by Crippen LogP contribution is -2.23. The molecular formula is C13H20IN3O. The van der Waals surface area contributed by atoms with Gasteiger partial charge in [-0.2, -0.15) is 0 Å². The van der Waals surface area contributed by atoms with Crippen molar-refractivity contribution in [2.45, 2.75) is 44.9 Å². The van der Waals surface area contributed by atoms with Gasteiger partial charge in [0.25, 0.3) is 0 Å². The average Bonchev–Trinajstić information content (AvgIpc) is 2.32. The maximum Gasteiger partial charge on any atom is 0.140 e. The van der Waals surface area contributed by atoms with Crippen LogP contribution in [0.3, 0.4) is 0 Å². The Morgan fingerprint density at radius 3 is 2.61 bits per heavy atom. The van der Waals surface area contributed by atoms with E-state index >= 15 is 0 Å². The highest BCUT2D eigenvalue weighted by atomic mass is 127. The second kappa shape index (κ2) is 5.28. The number of anilines is 1. The van der Waals surface area contributed by atoms with E-state index in [1.54, 1.807) is 0 Å². The van der Waals surface area contributed by atoms with Crippen molar-refractivity contribution in [2.24, 2.45) is 0 Å². The number of nitrogens with two attached hydrogens (primary N) is 1. The van der Waals surface area contributed by atoms with E-state index in [1.807, 2.05) is 0 Å².